The third-order valence-corrected chi connectivity index (χ3v) is 4.92. The second kappa shape index (κ2) is 8.33. The summed E-state index contributed by atoms with van der Waals surface area (Å²) in [5, 5.41) is 3.16. The van der Waals surface area contributed by atoms with E-state index in [9.17, 15) is 4.79 Å². The smallest absolute Gasteiger partial charge is 0.220 e. The van der Waals surface area contributed by atoms with Crippen LogP contribution in [-0.2, 0) is 9.53 Å². The molecule has 1 N–H and O–H groups in total. The first kappa shape index (κ1) is 17.0. The molecule has 0 saturated carbocycles. The van der Waals surface area contributed by atoms with Gasteiger partial charge < -0.3 is 19.7 Å². The summed E-state index contributed by atoms with van der Waals surface area (Å²) in [6, 6.07) is 6.14. The maximum absolute atomic E-state index is 12.2. The number of rotatable bonds is 5. The minimum absolute atomic E-state index is 0.194. The van der Waals surface area contributed by atoms with Crippen LogP contribution in [0.5, 0.6) is 5.88 Å². The van der Waals surface area contributed by atoms with Crippen molar-refractivity contribution in [2.75, 3.05) is 38.3 Å². The van der Waals surface area contributed by atoms with Gasteiger partial charge in [-0.05, 0) is 37.7 Å². The molecule has 0 spiro atoms. The Labute approximate surface area is 143 Å². The molecule has 0 aromatic carbocycles. The van der Waals surface area contributed by atoms with E-state index in [-0.39, 0.29) is 5.91 Å². The second-order valence-electron chi connectivity index (χ2n) is 6.63. The van der Waals surface area contributed by atoms with E-state index in [0.717, 1.165) is 57.8 Å². The van der Waals surface area contributed by atoms with E-state index in [1.165, 1.54) is 0 Å². The molecule has 0 bridgehead atoms. The van der Waals surface area contributed by atoms with Crippen molar-refractivity contribution in [2.45, 2.75) is 38.1 Å². The van der Waals surface area contributed by atoms with E-state index in [4.69, 9.17) is 9.47 Å². The predicted octanol–water partition coefficient (Wildman–Crippen LogP) is 1.99. The van der Waals surface area contributed by atoms with Crippen molar-refractivity contribution in [2.24, 2.45) is 5.92 Å². The second-order valence-corrected chi connectivity index (χ2v) is 6.63. The van der Waals surface area contributed by atoms with E-state index < -0.39 is 0 Å². The molecule has 3 rings (SSSR count). The van der Waals surface area contributed by atoms with Gasteiger partial charge in [0.2, 0.25) is 11.8 Å². The van der Waals surface area contributed by atoms with Gasteiger partial charge >= 0.3 is 0 Å². The van der Waals surface area contributed by atoms with Crippen LogP contribution in [0.4, 0.5) is 5.82 Å². The van der Waals surface area contributed by atoms with Crippen LogP contribution < -0.4 is 15.0 Å². The fourth-order valence-corrected chi connectivity index (χ4v) is 3.45. The standard InChI is InChI=1S/C18H27N3O3/c1-23-18-4-2-3-16(20-18)21-9-5-14(6-10-21)13-17(22)19-15-7-11-24-12-8-15/h2-4,14-15H,5-13H2,1H3,(H,19,22). The predicted molar refractivity (Wildman–Crippen MR) is 92.3 cm³/mol. The highest BCUT2D eigenvalue weighted by molar-refractivity contribution is 5.76. The molecular weight excluding hydrogens is 306 g/mol. The van der Waals surface area contributed by atoms with Gasteiger partial charge in [-0.25, -0.2) is 0 Å². The average Bonchev–Trinajstić information content (AvgIpc) is 2.63. The Morgan fingerprint density at radius 1 is 1.29 bits per heavy atom. The number of hydrogen-bond donors (Lipinski definition) is 1. The zero-order chi connectivity index (χ0) is 16.8. The molecule has 24 heavy (non-hydrogen) atoms. The van der Waals surface area contributed by atoms with E-state index in [2.05, 4.69) is 15.2 Å². The molecule has 0 radical (unpaired) electrons. The van der Waals surface area contributed by atoms with Crippen molar-refractivity contribution in [1.82, 2.24) is 10.3 Å². The molecule has 2 aliphatic heterocycles. The number of anilines is 1. The minimum Gasteiger partial charge on any atom is -0.481 e. The van der Waals surface area contributed by atoms with Crippen LogP contribution in [0.15, 0.2) is 18.2 Å². The first-order valence-corrected chi connectivity index (χ1v) is 8.87. The first-order valence-electron chi connectivity index (χ1n) is 8.87. The maximum atomic E-state index is 12.2. The van der Waals surface area contributed by atoms with Crippen LogP contribution >= 0.6 is 0 Å². The third kappa shape index (κ3) is 4.60. The van der Waals surface area contributed by atoms with Gasteiger partial charge in [0.15, 0.2) is 0 Å². The van der Waals surface area contributed by atoms with E-state index in [0.29, 0.717) is 24.3 Å². The van der Waals surface area contributed by atoms with Crippen LogP contribution in [0.1, 0.15) is 32.1 Å². The number of methoxy groups -OCH3 is 1. The molecule has 1 aromatic rings. The van der Waals surface area contributed by atoms with Crippen LogP contribution in [0, 0.1) is 5.92 Å². The topological polar surface area (TPSA) is 63.7 Å². The van der Waals surface area contributed by atoms with Crippen molar-refractivity contribution in [3.63, 3.8) is 0 Å². The van der Waals surface area contributed by atoms with Gasteiger partial charge in [-0.2, -0.15) is 4.98 Å². The molecule has 2 saturated heterocycles. The summed E-state index contributed by atoms with van der Waals surface area (Å²) >= 11 is 0. The molecule has 0 aliphatic carbocycles. The van der Waals surface area contributed by atoms with E-state index in [1.54, 1.807) is 7.11 Å². The maximum Gasteiger partial charge on any atom is 0.220 e. The summed E-state index contributed by atoms with van der Waals surface area (Å²) in [4.78, 5) is 19.0. The van der Waals surface area contributed by atoms with Crippen molar-refractivity contribution < 1.29 is 14.3 Å². The number of hydrogen-bond acceptors (Lipinski definition) is 5. The zero-order valence-corrected chi connectivity index (χ0v) is 14.4. The SMILES string of the molecule is COc1cccc(N2CCC(CC(=O)NC3CCOCC3)CC2)n1. The number of piperidine rings is 1. The molecule has 0 unspecified atom stereocenters. The molecule has 1 amide bonds. The Morgan fingerprint density at radius 2 is 2.04 bits per heavy atom. The summed E-state index contributed by atoms with van der Waals surface area (Å²) < 4.78 is 10.5. The average molecular weight is 333 g/mol. The number of pyridine rings is 1. The van der Waals surface area contributed by atoms with Crippen molar-refractivity contribution in [1.29, 1.82) is 0 Å². The van der Waals surface area contributed by atoms with Gasteiger partial charge in [-0.15, -0.1) is 0 Å². The van der Waals surface area contributed by atoms with Crippen LogP contribution in [0.2, 0.25) is 0 Å². The summed E-state index contributed by atoms with van der Waals surface area (Å²) in [5.41, 5.74) is 0. The molecule has 1 aromatic heterocycles. The number of carbonyl (C=O) groups is 1. The Hall–Kier alpha value is -1.82. The summed E-state index contributed by atoms with van der Waals surface area (Å²) in [6.45, 7) is 3.40. The number of ether oxygens (including phenoxy) is 2. The lowest BCUT2D eigenvalue weighted by molar-refractivity contribution is -0.123. The van der Waals surface area contributed by atoms with Crippen LogP contribution in [0.25, 0.3) is 0 Å². The van der Waals surface area contributed by atoms with Gasteiger partial charge in [-0.3, -0.25) is 4.79 Å². The summed E-state index contributed by atoms with van der Waals surface area (Å²) in [5.74, 6) is 2.26. The molecule has 0 atom stereocenters. The Morgan fingerprint density at radius 3 is 2.75 bits per heavy atom. The van der Waals surface area contributed by atoms with Crippen molar-refractivity contribution in [3.8, 4) is 5.88 Å². The fraction of sp³-hybridized carbons (Fsp3) is 0.667. The van der Waals surface area contributed by atoms with E-state index >= 15 is 0 Å². The van der Waals surface area contributed by atoms with Gasteiger partial charge in [-0.1, -0.05) is 6.07 Å². The van der Waals surface area contributed by atoms with Crippen LogP contribution in [0.3, 0.4) is 0 Å². The normalized spacial score (nSPS) is 20.0. The molecule has 2 fully saturated rings. The first-order chi connectivity index (χ1) is 11.7. The number of nitrogens with one attached hydrogen (secondary N) is 1. The van der Waals surface area contributed by atoms with E-state index in [1.807, 2.05) is 18.2 Å². The number of amides is 1. The van der Waals surface area contributed by atoms with Gasteiger partial charge in [0.25, 0.3) is 0 Å². The summed E-state index contributed by atoms with van der Waals surface area (Å²) in [7, 11) is 1.63. The highest BCUT2D eigenvalue weighted by Gasteiger charge is 2.24. The number of aromatic nitrogens is 1. The molecule has 6 heteroatoms. The van der Waals surface area contributed by atoms with Crippen LogP contribution in [-0.4, -0.2) is 50.3 Å². The minimum atomic E-state index is 0.194. The lowest BCUT2D eigenvalue weighted by Gasteiger charge is -2.33. The Kier molecular flexibility index (Phi) is 5.91. The Bertz CT molecular complexity index is 538. The monoisotopic (exact) mass is 333 g/mol. The van der Waals surface area contributed by atoms with Gasteiger partial charge in [0.1, 0.15) is 5.82 Å². The lowest BCUT2D eigenvalue weighted by atomic mass is 9.93. The lowest BCUT2D eigenvalue weighted by Crippen LogP contribution is -2.41. The molecule has 6 nitrogen and oxygen atoms in total. The molecule has 132 valence electrons. The number of carbonyl (C=O) groups excluding carboxylic acids is 1. The number of nitrogens with zero attached hydrogens (tertiary/aromatic N) is 2. The van der Waals surface area contributed by atoms with Crippen molar-refractivity contribution in [3.05, 3.63) is 18.2 Å². The Balaban J connectivity index is 1.43. The molecule has 3 heterocycles. The largest absolute Gasteiger partial charge is 0.481 e. The van der Waals surface area contributed by atoms with Gasteiger partial charge in [0, 0.05) is 44.8 Å². The quantitative estimate of drug-likeness (QED) is 0.893. The van der Waals surface area contributed by atoms with Crippen molar-refractivity contribution >= 4 is 11.7 Å². The van der Waals surface area contributed by atoms with Gasteiger partial charge in [0.05, 0.1) is 7.11 Å². The third-order valence-electron chi connectivity index (χ3n) is 4.92. The highest BCUT2D eigenvalue weighted by atomic mass is 16.5. The molecule has 2 aliphatic rings. The zero-order valence-electron chi connectivity index (χ0n) is 14.4. The fourth-order valence-electron chi connectivity index (χ4n) is 3.45. The molecular formula is C18H27N3O3. The highest BCUT2D eigenvalue weighted by Crippen LogP contribution is 2.25. The summed E-state index contributed by atoms with van der Waals surface area (Å²) in [6.07, 6.45) is 4.56.